The van der Waals surface area contributed by atoms with Crippen molar-refractivity contribution in [2.45, 2.75) is 13.0 Å². The number of nitrogens with one attached hydrogen (secondary N) is 1. The van der Waals surface area contributed by atoms with Gasteiger partial charge < -0.3 is 14.2 Å². The summed E-state index contributed by atoms with van der Waals surface area (Å²) in [6, 6.07) is 12.3. The third-order valence-corrected chi connectivity index (χ3v) is 4.05. The Hall–Kier alpha value is -2.86. The zero-order valence-electron chi connectivity index (χ0n) is 14.4. The quantitative estimate of drug-likeness (QED) is 0.723. The predicted octanol–water partition coefficient (Wildman–Crippen LogP) is 2.73. The minimum absolute atomic E-state index is 0.00756. The van der Waals surface area contributed by atoms with Crippen LogP contribution in [0.15, 0.2) is 56.1 Å². The maximum Gasteiger partial charge on any atom is 0.349 e. The Morgan fingerprint density at radius 2 is 1.92 bits per heavy atom. The number of aryl methyl sites for hydroxylation is 1. The molecule has 0 saturated carbocycles. The van der Waals surface area contributed by atoms with Crippen molar-refractivity contribution in [2.24, 2.45) is 0 Å². The van der Waals surface area contributed by atoms with Crippen LogP contribution in [0.4, 0.5) is 0 Å². The number of benzene rings is 1. The summed E-state index contributed by atoms with van der Waals surface area (Å²) >= 11 is 0. The van der Waals surface area contributed by atoms with Crippen LogP contribution >= 0.6 is 0 Å². The molecular formula is C19H20N2O4. The van der Waals surface area contributed by atoms with Crippen LogP contribution in [0.3, 0.4) is 0 Å². The number of hydrogen-bond donors (Lipinski definition) is 1. The number of carbonyl (C=O) groups excluding carboxylic acids is 1. The summed E-state index contributed by atoms with van der Waals surface area (Å²) in [6.07, 6.45) is 0. The van der Waals surface area contributed by atoms with E-state index in [1.54, 1.807) is 24.3 Å². The molecule has 3 aromatic rings. The van der Waals surface area contributed by atoms with E-state index in [2.05, 4.69) is 5.32 Å². The number of amides is 1. The Morgan fingerprint density at radius 1 is 1.16 bits per heavy atom. The van der Waals surface area contributed by atoms with E-state index in [0.717, 1.165) is 11.5 Å². The van der Waals surface area contributed by atoms with Crippen molar-refractivity contribution in [3.8, 4) is 0 Å². The molecule has 1 amide bonds. The van der Waals surface area contributed by atoms with Crippen molar-refractivity contribution >= 4 is 16.9 Å². The van der Waals surface area contributed by atoms with Gasteiger partial charge in [-0.3, -0.25) is 9.69 Å². The average molecular weight is 340 g/mol. The van der Waals surface area contributed by atoms with Gasteiger partial charge in [0.1, 0.15) is 22.7 Å². The molecule has 6 heteroatoms. The van der Waals surface area contributed by atoms with Crippen LogP contribution in [0.1, 0.15) is 27.9 Å². The van der Waals surface area contributed by atoms with E-state index in [4.69, 9.17) is 8.83 Å². The number of para-hydroxylation sites is 1. The van der Waals surface area contributed by atoms with Crippen LogP contribution < -0.4 is 10.9 Å². The minimum atomic E-state index is -0.647. The minimum Gasteiger partial charge on any atom is -0.465 e. The van der Waals surface area contributed by atoms with Crippen molar-refractivity contribution in [3.05, 3.63) is 70.0 Å². The van der Waals surface area contributed by atoms with Crippen molar-refractivity contribution in [1.82, 2.24) is 10.2 Å². The lowest BCUT2D eigenvalue weighted by atomic mass is 10.1. The number of furan rings is 1. The number of nitrogens with zero attached hydrogens (tertiary/aromatic N) is 1. The first-order valence-corrected chi connectivity index (χ1v) is 7.99. The fourth-order valence-corrected chi connectivity index (χ4v) is 2.67. The van der Waals surface area contributed by atoms with Crippen LogP contribution in [0, 0.1) is 6.92 Å². The molecule has 0 saturated heterocycles. The smallest absolute Gasteiger partial charge is 0.349 e. The van der Waals surface area contributed by atoms with E-state index in [9.17, 15) is 9.59 Å². The van der Waals surface area contributed by atoms with Crippen molar-refractivity contribution in [2.75, 3.05) is 20.6 Å². The fraction of sp³-hybridized carbons (Fsp3) is 0.263. The number of rotatable bonds is 5. The molecule has 0 radical (unpaired) electrons. The maximum atomic E-state index is 12.5. The Balaban J connectivity index is 1.79. The lowest BCUT2D eigenvalue weighted by molar-refractivity contribution is 0.0935. The van der Waals surface area contributed by atoms with E-state index in [0.29, 0.717) is 17.5 Å². The van der Waals surface area contributed by atoms with Crippen LogP contribution in [0.5, 0.6) is 0 Å². The van der Waals surface area contributed by atoms with E-state index in [1.807, 2.05) is 44.1 Å². The summed E-state index contributed by atoms with van der Waals surface area (Å²) in [5, 5.41) is 3.50. The zero-order valence-corrected chi connectivity index (χ0v) is 14.4. The molecule has 2 heterocycles. The number of fused-ring (bicyclic) bond motifs is 1. The van der Waals surface area contributed by atoms with Crippen molar-refractivity contribution in [3.63, 3.8) is 0 Å². The lowest BCUT2D eigenvalue weighted by Gasteiger charge is -2.22. The van der Waals surface area contributed by atoms with Gasteiger partial charge >= 0.3 is 5.63 Å². The molecule has 0 unspecified atom stereocenters. The third kappa shape index (κ3) is 3.64. The molecule has 1 aromatic carbocycles. The highest BCUT2D eigenvalue weighted by Gasteiger charge is 2.20. The molecule has 3 rings (SSSR count). The van der Waals surface area contributed by atoms with Gasteiger partial charge in [0.15, 0.2) is 0 Å². The number of likely N-dealkylation sites (N-methyl/N-ethyl adjacent to an activating group) is 1. The lowest BCUT2D eigenvalue weighted by Crippen LogP contribution is -2.36. The molecule has 0 spiro atoms. The fourth-order valence-electron chi connectivity index (χ4n) is 2.67. The molecule has 2 aromatic heterocycles. The van der Waals surface area contributed by atoms with Crippen molar-refractivity contribution < 1.29 is 13.6 Å². The van der Waals surface area contributed by atoms with Gasteiger partial charge in [0.2, 0.25) is 0 Å². The van der Waals surface area contributed by atoms with Gasteiger partial charge in [0, 0.05) is 11.9 Å². The van der Waals surface area contributed by atoms with Gasteiger partial charge in [-0.15, -0.1) is 0 Å². The first-order valence-electron chi connectivity index (χ1n) is 7.99. The molecule has 0 aliphatic carbocycles. The highest BCUT2D eigenvalue weighted by molar-refractivity contribution is 5.96. The van der Waals surface area contributed by atoms with E-state index >= 15 is 0 Å². The predicted molar refractivity (Wildman–Crippen MR) is 94.7 cm³/mol. The van der Waals surface area contributed by atoms with Gasteiger partial charge in [-0.25, -0.2) is 4.79 Å². The molecule has 1 atom stereocenters. The summed E-state index contributed by atoms with van der Waals surface area (Å²) in [4.78, 5) is 26.5. The Bertz CT molecular complexity index is 955. The normalized spacial score (nSPS) is 12.5. The summed E-state index contributed by atoms with van der Waals surface area (Å²) in [5.74, 6) is 1.10. The largest absolute Gasteiger partial charge is 0.465 e. The van der Waals surface area contributed by atoms with E-state index < -0.39 is 11.5 Å². The SMILES string of the molecule is Cc1ccc([C@@H](CNC(=O)c2cc3ccccc3oc2=O)N(C)C)o1. The van der Waals surface area contributed by atoms with Crippen LogP contribution in [-0.2, 0) is 0 Å². The average Bonchev–Trinajstić information content (AvgIpc) is 3.00. The van der Waals surface area contributed by atoms with Gasteiger partial charge in [0.25, 0.3) is 5.91 Å². The standard InChI is InChI=1S/C19H20N2O4/c1-12-8-9-17(24-12)15(21(2)3)11-20-18(22)14-10-13-6-4-5-7-16(13)25-19(14)23/h4-10,15H,11H2,1-3H3,(H,20,22)/t15-/m1/s1. The van der Waals surface area contributed by atoms with Crippen LogP contribution in [0.25, 0.3) is 11.0 Å². The van der Waals surface area contributed by atoms with Gasteiger partial charge in [-0.05, 0) is 45.3 Å². The topological polar surface area (TPSA) is 75.7 Å². The molecule has 0 aliphatic heterocycles. The second-order valence-electron chi connectivity index (χ2n) is 6.12. The second-order valence-corrected chi connectivity index (χ2v) is 6.12. The van der Waals surface area contributed by atoms with E-state index in [-0.39, 0.29) is 11.6 Å². The van der Waals surface area contributed by atoms with E-state index in [1.165, 1.54) is 0 Å². The highest BCUT2D eigenvalue weighted by Crippen LogP contribution is 2.20. The molecule has 6 nitrogen and oxygen atoms in total. The molecule has 0 fully saturated rings. The summed E-state index contributed by atoms with van der Waals surface area (Å²) in [6.45, 7) is 2.18. The molecule has 130 valence electrons. The maximum absolute atomic E-state index is 12.5. The monoisotopic (exact) mass is 340 g/mol. The van der Waals surface area contributed by atoms with Crippen LogP contribution in [0.2, 0.25) is 0 Å². The van der Waals surface area contributed by atoms with Crippen LogP contribution in [-0.4, -0.2) is 31.4 Å². The highest BCUT2D eigenvalue weighted by atomic mass is 16.4. The Labute approximate surface area is 145 Å². The number of carbonyl (C=O) groups is 1. The molecule has 0 aliphatic rings. The van der Waals surface area contributed by atoms with Gasteiger partial charge in [-0.1, -0.05) is 18.2 Å². The Kier molecular flexibility index (Phi) is 4.72. The molecule has 0 bridgehead atoms. The number of hydrogen-bond acceptors (Lipinski definition) is 5. The summed E-state index contributed by atoms with van der Waals surface area (Å²) < 4.78 is 10.9. The molecule has 25 heavy (non-hydrogen) atoms. The molecule has 1 N–H and O–H groups in total. The first kappa shape index (κ1) is 17.0. The molecular weight excluding hydrogens is 320 g/mol. The van der Waals surface area contributed by atoms with Gasteiger partial charge in [-0.2, -0.15) is 0 Å². The first-order chi connectivity index (χ1) is 12.0. The summed E-state index contributed by atoms with van der Waals surface area (Å²) in [7, 11) is 3.80. The van der Waals surface area contributed by atoms with Gasteiger partial charge in [0.05, 0.1) is 6.04 Å². The van der Waals surface area contributed by atoms with Crippen molar-refractivity contribution in [1.29, 1.82) is 0 Å². The zero-order chi connectivity index (χ0) is 18.0. The Morgan fingerprint density at radius 3 is 2.60 bits per heavy atom. The summed E-state index contributed by atoms with van der Waals surface area (Å²) in [5.41, 5.74) is -0.195. The second kappa shape index (κ2) is 6.94. The third-order valence-electron chi connectivity index (χ3n) is 4.05.